The fourth-order valence-corrected chi connectivity index (χ4v) is 0.519. The molecule has 0 aromatic heterocycles. The number of hydrogen-bond acceptors (Lipinski definition) is 9. The SMILES string of the molecule is O=[N+]([O-])OCC(CO[N+](=O)[O-])O[N+](=O)[O-].[H-].[Na+]. The van der Waals surface area contributed by atoms with E-state index in [1.807, 2.05) is 0 Å². The maximum Gasteiger partial charge on any atom is 1.00 e. The van der Waals surface area contributed by atoms with Crippen LogP contribution in [0.15, 0.2) is 0 Å². The Bertz CT molecular complexity index is 246. The predicted molar refractivity (Wildman–Crippen MR) is 38.9 cm³/mol. The first-order valence-corrected chi connectivity index (χ1v) is 3.27. The maximum atomic E-state index is 9.83. The van der Waals surface area contributed by atoms with Crippen molar-refractivity contribution < 1.29 is 60.8 Å². The van der Waals surface area contributed by atoms with E-state index in [9.17, 15) is 30.3 Å². The van der Waals surface area contributed by atoms with Gasteiger partial charge in [-0.3, -0.25) is 0 Å². The molecule has 0 aliphatic carbocycles. The number of hydrogen-bond donors (Lipinski definition) is 0. The van der Waals surface area contributed by atoms with Crippen LogP contribution in [0.4, 0.5) is 0 Å². The first-order valence-electron chi connectivity index (χ1n) is 3.27. The Labute approximate surface area is 111 Å². The monoisotopic (exact) mass is 251 g/mol. The van der Waals surface area contributed by atoms with E-state index in [-0.39, 0.29) is 31.0 Å². The Balaban J connectivity index is -0.000000980. The van der Waals surface area contributed by atoms with Crippen LogP contribution in [0.3, 0.4) is 0 Å². The van der Waals surface area contributed by atoms with Crippen LogP contribution >= 0.6 is 0 Å². The molecule has 16 heavy (non-hydrogen) atoms. The quantitative estimate of drug-likeness (QED) is 0.238. The first-order chi connectivity index (χ1) is 6.91. The van der Waals surface area contributed by atoms with Crippen molar-refractivity contribution in [2.45, 2.75) is 6.10 Å². The molecule has 0 heterocycles. The molecule has 0 atom stereocenters. The molecule has 0 aliphatic heterocycles. The van der Waals surface area contributed by atoms with Gasteiger partial charge in [0.05, 0.1) is 0 Å². The summed E-state index contributed by atoms with van der Waals surface area (Å²) < 4.78 is 0. The fraction of sp³-hybridized carbons (Fsp3) is 1.00. The number of nitrogens with zero attached hydrogens (tertiary/aromatic N) is 3. The van der Waals surface area contributed by atoms with E-state index in [1.165, 1.54) is 0 Å². The van der Waals surface area contributed by atoms with Crippen LogP contribution in [0.5, 0.6) is 0 Å². The smallest absolute Gasteiger partial charge is 1.00 e. The zero-order valence-corrected chi connectivity index (χ0v) is 10.0. The molecule has 0 aliphatic rings. The second kappa shape index (κ2) is 8.87. The minimum Gasteiger partial charge on any atom is -1.00 e. The molecule has 12 nitrogen and oxygen atoms in total. The molecular formula is C3H6N3NaO9. The molecule has 0 amide bonds. The Morgan fingerprint density at radius 3 is 1.56 bits per heavy atom. The molecule has 0 rings (SSSR count). The third-order valence-electron chi connectivity index (χ3n) is 0.967. The summed E-state index contributed by atoms with van der Waals surface area (Å²) in [6.07, 6.45) is -1.55. The minimum atomic E-state index is -1.55. The van der Waals surface area contributed by atoms with Crippen LogP contribution in [0.25, 0.3) is 0 Å². The Hall–Kier alpha value is -1.40. The topological polar surface area (TPSA) is 157 Å². The molecule has 0 fully saturated rings. The van der Waals surface area contributed by atoms with E-state index in [0.717, 1.165) is 0 Å². The van der Waals surface area contributed by atoms with Crippen molar-refractivity contribution >= 4 is 0 Å². The zero-order chi connectivity index (χ0) is 11.8. The summed E-state index contributed by atoms with van der Waals surface area (Å²) in [6, 6.07) is 0. The van der Waals surface area contributed by atoms with E-state index in [1.54, 1.807) is 0 Å². The molecular weight excluding hydrogens is 245 g/mol. The van der Waals surface area contributed by atoms with Gasteiger partial charge in [-0.25, -0.2) is 0 Å². The van der Waals surface area contributed by atoms with Gasteiger partial charge in [0.1, 0.15) is 13.2 Å². The van der Waals surface area contributed by atoms with Gasteiger partial charge in [0.2, 0.25) is 0 Å². The van der Waals surface area contributed by atoms with Gasteiger partial charge in [-0.05, 0) is 0 Å². The van der Waals surface area contributed by atoms with Gasteiger partial charge < -0.3 is 15.9 Å². The van der Waals surface area contributed by atoms with Gasteiger partial charge in [0.25, 0.3) is 15.3 Å². The van der Waals surface area contributed by atoms with Crippen molar-refractivity contribution in [2.24, 2.45) is 0 Å². The van der Waals surface area contributed by atoms with E-state index in [2.05, 4.69) is 14.5 Å². The molecule has 0 radical (unpaired) electrons. The molecule has 0 unspecified atom stereocenters. The van der Waals surface area contributed by atoms with Crippen molar-refractivity contribution in [2.75, 3.05) is 13.2 Å². The summed E-state index contributed by atoms with van der Waals surface area (Å²) in [4.78, 5) is 40.5. The molecule has 0 N–H and O–H groups in total. The predicted octanol–water partition coefficient (Wildman–Crippen LogP) is -3.90. The van der Waals surface area contributed by atoms with Crippen LogP contribution < -0.4 is 29.6 Å². The summed E-state index contributed by atoms with van der Waals surface area (Å²) in [5.74, 6) is 0. The van der Waals surface area contributed by atoms with Crippen LogP contribution in [-0.2, 0) is 14.5 Å². The van der Waals surface area contributed by atoms with E-state index in [0.29, 0.717) is 0 Å². The van der Waals surface area contributed by atoms with Gasteiger partial charge in [-0.1, -0.05) is 0 Å². The van der Waals surface area contributed by atoms with E-state index >= 15 is 0 Å². The summed E-state index contributed by atoms with van der Waals surface area (Å²) in [5.41, 5.74) is 0. The summed E-state index contributed by atoms with van der Waals surface area (Å²) in [6.45, 7) is -1.69. The third-order valence-corrected chi connectivity index (χ3v) is 0.967. The van der Waals surface area contributed by atoms with Crippen molar-refractivity contribution in [1.82, 2.24) is 0 Å². The fourth-order valence-electron chi connectivity index (χ4n) is 0.519. The van der Waals surface area contributed by atoms with E-state index < -0.39 is 34.6 Å². The van der Waals surface area contributed by atoms with Crippen LogP contribution in [0, 0.1) is 30.3 Å². The largest absolute Gasteiger partial charge is 1.00 e. The normalized spacial score (nSPS) is 8.81. The molecule has 0 saturated carbocycles. The second-order valence-electron chi connectivity index (χ2n) is 1.99. The summed E-state index contributed by atoms with van der Waals surface area (Å²) in [5, 5.41) is 25.5. The molecule has 0 aromatic rings. The van der Waals surface area contributed by atoms with Crippen molar-refractivity contribution in [1.29, 1.82) is 0 Å². The third kappa shape index (κ3) is 10.7. The van der Waals surface area contributed by atoms with E-state index in [4.69, 9.17) is 0 Å². The Morgan fingerprint density at radius 1 is 0.938 bits per heavy atom. The van der Waals surface area contributed by atoms with Gasteiger partial charge in [0.15, 0.2) is 6.10 Å². The van der Waals surface area contributed by atoms with Gasteiger partial charge in [-0.2, -0.15) is 0 Å². The average molecular weight is 251 g/mol. The van der Waals surface area contributed by atoms with Gasteiger partial charge in [-0.15, -0.1) is 30.3 Å². The van der Waals surface area contributed by atoms with Crippen molar-refractivity contribution in [3.8, 4) is 0 Å². The average Bonchev–Trinajstić information content (AvgIpc) is 2.08. The molecule has 0 saturated heterocycles. The molecule has 0 spiro atoms. The molecule has 0 bridgehead atoms. The zero-order valence-electron chi connectivity index (χ0n) is 9.01. The van der Waals surface area contributed by atoms with Gasteiger partial charge in [0, 0.05) is 0 Å². The molecule has 13 heteroatoms. The Morgan fingerprint density at radius 2 is 1.31 bits per heavy atom. The van der Waals surface area contributed by atoms with Gasteiger partial charge >= 0.3 is 29.6 Å². The standard InChI is InChI=1S/C3H5N3O9.Na.H/c7-4(8)13-1-3(15-6(11)12)2-14-5(9)10;;/h3H,1-2H2;;/q;+1;-1. The number of rotatable bonds is 8. The Kier molecular flexibility index (Phi) is 9.43. The maximum absolute atomic E-state index is 9.83. The summed E-state index contributed by atoms with van der Waals surface area (Å²) in [7, 11) is 0. The van der Waals surface area contributed by atoms with Crippen LogP contribution in [-0.4, -0.2) is 34.6 Å². The van der Waals surface area contributed by atoms with Crippen LogP contribution in [0.1, 0.15) is 1.43 Å². The minimum absolute atomic E-state index is 0. The van der Waals surface area contributed by atoms with Crippen LogP contribution in [0.2, 0.25) is 0 Å². The second-order valence-corrected chi connectivity index (χ2v) is 1.99. The molecule has 88 valence electrons. The first kappa shape index (κ1) is 17.0. The summed E-state index contributed by atoms with van der Waals surface area (Å²) >= 11 is 0. The van der Waals surface area contributed by atoms with Crippen molar-refractivity contribution in [3.05, 3.63) is 30.3 Å². The van der Waals surface area contributed by atoms with Crippen molar-refractivity contribution in [3.63, 3.8) is 0 Å². The molecule has 0 aromatic carbocycles.